The zero-order valence-electron chi connectivity index (χ0n) is 23.8. The van der Waals surface area contributed by atoms with Gasteiger partial charge >= 0.3 is 6.09 Å². The smallest absolute Gasteiger partial charge is 0.410 e. The molecule has 1 saturated heterocycles. The maximum atomic E-state index is 13.2. The third-order valence-corrected chi connectivity index (χ3v) is 7.61. The summed E-state index contributed by atoms with van der Waals surface area (Å²) in [5.74, 6) is 0.164. The fraction of sp³-hybridized carbons (Fsp3) is 0.516. The molecule has 1 fully saturated rings. The highest BCUT2D eigenvalue weighted by Gasteiger charge is 2.37. The summed E-state index contributed by atoms with van der Waals surface area (Å²) in [4.78, 5) is 38.2. The van der Waals surface area contributed by atoms with Gasteiger partial charge in [-0.1, -0.05) is 20.8 Å². The second-order valence-corrected chi connectivity index (χ2v) is 12.9. The predicted molar refractivity (Wildman–Crippen MR) is 150 cm³/mol. The fourth-order valence-corrected chi connectivity index (χ4v) is 5.77. The maximum absolute atomic E-state index is 13.2. The number of aryl methyl sites for hydroxylation is 1. The lowest BCUT2D eigenvalue weighted by atomic mass is 9.85. The average Bonchev–Trinajstić information content (AvgIpc) is 3.48. The molecule has 1 aromatic carbocycles. The summed E-state index contributed by atoms with van der Waals surface area (Å²) in [6.45, 7) is 15.7. The Bertz CT molecular complexity index is 1390. The van der Waals surface area contributed by atoms with E-state index in [4.69, 9.17) is 4.74 Å². The number of carbonyl (C=O) groups is 2. The molecule has 1 unspecified atom stereocenters. The highest BCUT2D eigenvalue weighted by molar-refractivity contribution is 5.85. The number of pyridine rings is 1. The van der Waals surface area contributed by atoms with Gasteiger partial charge in [0, 0.05) is 48.4 Å². The molecule has 0 spiro atoms. The van der Waals surface area contributed by atoms with Gasteiger partial charge in [0.2, 0.25) is 5.91 Å². The van der Waals surface area contributed by atoms with Gasteiger partial charge < -0.3 is 19.5 Å². The van der Waals surface area contributed by atoms with Crippen LogP contribution in [0.4, 0.5) is 4.79 Å². The molecule has 0 aliphatic carbocycles. The second-order valence-electron chi connectivity index (χ2n) is 12.9. The normalized spacial score (nSPS) is 18.1. The number of aromatic nitrogens is 2. The van der Waals surface area contributed by atoms with Gasteiger partial charge in [-0.25, -0.2) is 9.78 Å². The van der Waals surface area contributed by atoms with Crippen molar-refractivity contribution in [3.8, 4) is 11.1 Å². The van der Waals surface area contributed by atoms with Crippen molar-refractivity contribution in [1.29, 1.82) is 0 Å². The number of hydrogen-bond acceptors (Lipinski definition) is 4. The summed E-state index contributed by atoms with van der Waals surface area (Å²) < 4.78 is 5.79. The molecule has 7 heteroatoms. The van der Waals surface area contributed by atoms with Gasteiger partial charge in [-0.05, 0) is 93.0 Å². The van der Waals surface area contributed by atoms with Crippen molar-refractivity contribution in [3.05, 3.63) is 52.8 Å². The van der Waals surface area contributed by atoms with Crippen LogP contribution in [0.15, 0.2) is 30.6 Å². The van der Waals surface area contributed by atoms with Crippen molar-refractivity contribution in [2.75, 3.05) is 13.1 Å². The van der Waals surface area contributed by atoms with Crippen LogP contribution in [0.5, 0.6) is 0 Å². The van der Waals surface area contributed by atoms with Crippen LogP contribution in [0, 0.1) is 12.3 Å². The van der Waals surface area contributed by atoms with Crippen molar-refractivity contribution in [3.63, 3.8) is 0 Å². The van der Waals surface area contributed by atoms with Crippen LogP contribution in [-0.2, 0) is 22.5 Å². The molecule has 4 heterocycles. The van der Waals surface area contributed by atoms with Crippen LogP contribution in [0.3, 0.4) is 0 Å². The van der Waals surface area contributed by atoms with Crippen LogP contribution >= 0.6 is 0 Å². The first-order valence-electron chi connectivity index (χ1n) is 13.7. The molecule has 3 aromatic rings. The minimum Gasteiger partial charge on any atom is -0.444 e. The summed E-state index contributed by atoms with van der Waals surface area (Å²) >= 11 is 0. The second kappa shape index (κ2) is 9.44. The van der Waals surface area contributed by atoms with Crippen LogP contribution in [-0.4, -0.2) is 50.5 Å². The van der Waals surface area contributed by atoms with E-state index in [1.54, 1.807) is 0 Å². The Kier molecular flexibility index (Phi) is 6.52. The minimum absolute atomic E-state index is 0.0471. The molecule has 2 aliphatic rings. The number of likely N-dealkylation sites (tertiary alicyclic amines) is 1. The summed E-state index contributed by atoms with van der Waals surface area (Å²) in [7, 11) is 0. The van der Waals surface area contributed by atoms with Crippen LogP contribution < -0.4 is 0 Å². The standard InChI is InChI=1S/C31H40N4O3/c1-19-16-32-27-24(19)15-21(17-33-27)20-13-22-18-34(28(36)30(2,3)4)12-10-23(22)25(14-20)26-9-8-11-35(26)29(37)38-31(5,6)7/h13-17,26H,8-12,18H2,1-7H3,(H,32,33). The third-order valence-electron chi connectivity index (χ3n) is 7.61. The van der Waals surface area contributed by atoms with Crippen LogP contribution in [0.1, 0.15) is 82.7 Å². The summed E-state index contributed by atoms with van der Waals surface area (Å²) in [6, 6.07) is 6.60. The Morgan fingerprint density at radius 2 is 1.82 bits per heavy atom. The Balaban J connectivity index is 1.60. The number of hydrogen-bond donors (Lipinski definition) is 1. The number of benzene rings is 1. The van der Waals surface area contributed by atoms with E-state index in [0.717, 1.165) is 52.5 Å². The van der Waals surface area contributed by atoms with Gasteiger partial charge in [0.05, 0.1) is 6.04 Å². The summed E-state index contributed by atoms with van der Waals surface area (Å²) in [5.41, 5.74) is 6.74. The first kappa shape index (κ1) is 26.3. The summed E-state index contributed by atoms with van der Waals surface area (Å²) in [6.07, 6.45) is 6.24. The minimum atomic E-state index is -0.547. The van der Waals surface area contributed by atoms with Gasteiger partial charge in [-0.3, -0.25) is 4.79 Å². The molecule has 0 saturated carbocycles. The number of fused-ring (bicyclic) bond motifs is 2. The first-order valence-corrected chi connectivity index (χ1v) is 13.7. The lowest BCUT2D eigenvalue weighted by molar-refractivity contribution is -0.140. The monoisotopic (exact) mass is 516 g/mol. The molecule has 5 rings (SSSR count). The van der Waals surface area contributed by atoms with Crippen molar-refractivity contribution >= 4 is 23.0 Å². The molecular weight excluding hydrogens is 476 g/mol. The lowest BCUT2D eigenvalue weighted by Crippen LogP contribution is -2.43. The zero-order valence-corrected chi connectivity index (χ0v) is 23.8. The first-order chi connectivity index (χ1) is 17.8. The Labute approximate surface area is 225 Å². The lowest BCUT2D eigenvalue weighted by Gasteiger charge is -2.36. The topological polar surface area (TPSA) is 78.5 Å². The van der Waals surface area contributed by atoms with E-state index in [1.165, 1.54) is 11.1 Å². The molecule has 2 amide bonds. The van der Waals surface area contributed by atoms with Crippen LogP contribution in [0.25, 0.3) is 22.2 Å². The molecule has 1 N–H and O–H groups in total. The maximum Gasteiger partial charge on any atom is 0.410 e. The largest absolute Gasteiger partial charge is 0.444 e. The molecule has 202 valence electrons. The Morgan fingerprint density at radius 1 is 1.05 bits per heavy atom. The predicted octanol–water partition coefficient (Wildman–Crippen LogP) is 6.54. The van der Waals surface area contributed by atoms with E-state index >= 15 is 0 Å². The Hall–Kier alpha value is -3.35. The number of H-pyrrole nitrogens is 1. The zero-order chi connectivity index (χ0) is 27.4. The molecule has 2 aliphatic heterocycles. The number of aromatic amines is 1. The molecule has 2 aromatic heterocycles. The van der Waals surface area contributed by atoms with E-state index in [1.807, 2.05) is 63.7 Å². The van der Waals surface area contributed by atoms with Crippen molar-refractivity contribution in [1.82, 2.24) is 19.8 Å². The molecular formula is C31H40N4O3. The number of carbonyl (C=O) groups excluding carboxylic acids is 2. The highest BCUT2D eigenvalue weighted by atomic mass is 16.6. The van der Waals surface area contributed by atoms with Crippen LogP contribution in [0.2, 0.25) is 0 Å². The highest BCUT2D eigenvalue weighted by Crippen LogP contribution is 2.40. The third kappa shape index (κ3) is 5.03. The van der Waals surface area contributed by atoms with E-state index in [2.05, 4.69) is 35.1 Å². The van der Waals surface area contributed by atoms with E-state index in [0.29, 0.717) is 19.6 Å². The van der Waals surface area contributed by atoms with Gasteiger partial charge in [0.25, 0.3) is 0 Å². The van der Waals surface area contributed by atoms with Crippen molar-refractivity contribution in [2.24, 2.45) is 5.41 Å². The average molecular weight is 517 g/mol. The molecule has 38 heavy (non-hydrogen) atoms. The Morgan fingerprint density at radius 3 is 2.53 bits per heavy atom. The van der Waals surface area contributed by atoms with Gasteiger partial charge in [-0.15, -0.1) is 0 Å². The fourth-order valence-electron chi connectivity index (χ4n) is 5.77. The van der Waals surface area contributed by atoms with E-state index in [-0.39, 0.29) is 18.0 Å². The number of nitrogens with one attached hydrogen (secondary N) is 1. The van der Waals surface area contributed by atoms with Gasteiger partial charge in [-0.2, -0.15) is 0 Å². The number of amides is 2. The number of ether oxygens (including phenoxy) is 1. The van der Waals surface area contributed by atoms with Gasteiger partial charge in [0.1, 0.15) is 11.2 Å². The van der Waals surface area contributed by atoms with Crippen molar-refractivity contribution in [2.45, 2.75) is 85.9 Å². The molecule has 7 nitrogen and oxygen atoms in total. The summed E-state index contributed by atoms with van der Waals surface area (Å²) in [5, 5.41) is 1.10. The quantitative estimate of drug-likeness (QED) is 0.419. The molecule has 0 bridgehead atoms. The SMILES string of the molecule is Cc1c[nH]c2ncc(-c3cc4c(c(C5CCCN5C(=O)OC(C)(C)C)c3)CCN(C(=O)C(C)(C)C)C4)cc12. The van der Waals surface area contributed by atoms with Crippen molar-refractivity contribution < 1.29 is 14.3 Å². The van der Waals surface area contributed by atoms with Gasteiger partial charge in [0.15, 0.2) is 0 Å². The van der Waals surface area contributed by atoms with E-state index in [9.17, 15) is 9.59 Å². The molecule has 1 atom stereocenters. The number of rotatable bonds is 2. The molecule has 0 radical (unpaired) electrons. The number of nitrogens with zero attached hydrogens (tertiary/aromatic N) is 3. The van der Waals surface area contributed by atoms with E-state index < -0.39 is 11.0 Å².